The van der Waals surface area contributed by atoms with Crippen LogP contribution in [0.25, 0.3) is 0 Å². The van der Waals surface area contributed by atoms with E-state index in [1.54, 1.807) is 49.4 Å². The van der Waals surface area contributed by atoms with Gasteiger partial charge in [0, 0.05) is 39.0 Å². The van der Waals surface area contributed by atoms with Gasteiger partial charge in [0.05, 0.1) is 5.92 Å². The summed E-state index contributed by atoms with van der Waals surface area (Å²) in [6.07, 6.45) is 9.81. The Morgan fingerprint density at radius 3 is 2.62 bits per heavy atom. The minimum absolute atomic E-state index is 0.184. The molecular weight excluding hydrogens is 432 g/mol. The van der Waals surface area contributed by atoms with Gasteiger partial charge in [-0.05, 0) is 36.0 Å². The highest BCUT2D eigenvalue weighted by Gasteiger charge is 2.55. The third-order valence-corrected chi connectivity index (χ3v) is 7.36. The van der Waals surface area contributed by atoms with Crippen LogP contribution in [0.1, 0.15) is 51.0 Å². The smallest absolute Gasteiger partial charge is 0.252 e. The Morgan fingerprint density at radius 2 is 1.97 bits per heavy atom. The van der Waals surface area contributed by atoms with Crippen LogP contribution in [0.3, 0.4) is 0 Å². The molecule has 2 fully saturated rings. The maximum absolute atomic E-state index is 13.5. The molecule has 182 valence electrons. The van der Waals surface area contributed by atoms with Gasteiger partial charge in [-0.1, -0.05) is 39.0 Å². The summed E-state index contributed by atoms with van der Waals surface area (Å²) in [5.41, 5.74) is 6.62. The second-order valence-corrected chi connectivity index (χ2v) is 9.77. The first-order chi connectivity index (χ1) is 16.3. The lowest BCUT2D eigenvalue weighted by Crippen LogP contribution is -2.69. The highest BCUT2D eigenvalue weighted by molar-refractivity contribution is 6.12. The molecule has 0 unspecified atom stereocenters. The van der Waals surface area contributed by atoms with Crippen LogP contribution < -0.4 is 10.6 Å². The Hall–Kier alpha value is -3.23. The number of nitrogens with two attached hydrogens (primary N) is 1. The van der Waals surface area contributed by atoms with E-state index in [4.69, 9.17) is 5.73 Å². The van der Waals surface area contributed by atoms with Gasteiger partial charge in [0.2, 0.25) is 11.8 Å². The third kappa shape index (κ3) is 4.83. The second-order valence-electron chi connectivity index (χ2n) is 9.77. The van der Waals surface area contributed by atoms with Gasteiger partial charge in [-0.2, -0.15) is 5.10 Å². The molecule has 1 saturated heterocycles. The SMILES string of the molecule is C[C@@H](CC(=O)N1C(=O)[C@H](Cc2ccnc(N)c2)[C@H]1C(=O)N(C)c1ccn(C)n1)C1CCCCC1. The molecule has 0 bridgehead atoms. The average Bonchev–Trinajstić information content (AvgIpc) is 3.26. The minimum Gasteiger partial charge on any atom is -0.384 e. The van der Waals surface area contributed by atoms with Crippen molar-refractivity contribution in [3.05, 3.63) is 36.2 Å². The Labute approximate surface area is 200 Å². The van der Waals surface area contributed by atoms with Crippen molar-refractivity contribution in [2.24, 2.45) is 24.8 Å². The molecule has 2 aromatic rings. The minimum atomic E-state index is -0.861. The number of carbonyl (C=O) groups excluding carboxylic acids is 3. The Balaban J connectivity index is 1.54. The standard InChI is InChI=1S/C25H34N6O3/c1-16(18-7-5-4-6-8-18)13-22(32)31-23(25(34)30(3)21-10-12-29(2)28-21)19(24(31)33)14-17-9-11-27-20(26)15-17/h9-12,15-16,18-19,23H,4-8,13-14H2,1-3H3,(H2,26,27)/t16-,19+,23-/m0/s1. The van der Waals surface area contributed by atoms with E-state index >= 15 is 0 Å². The van der Waals surface area contributed by atoms with Crippen LogP contribution >= 0.6 is 0 Å². The summed E-state index contributed by atoms with van der Waals surface area (Å²) >= 11 is 0. The second kappa shape index (κ2) is 9.95. The van der Waals surface area contributed by atoms with Crippen molar-refractivity contribution in [2.75, 3.05) is 17.7 Å². The van der Waals surface area contributed by atoms with Crippen LogP contribution in [0.5, 0.6) is 0 Å². The average molecular weight is 467 g/mol. The van der Waals surface area contributed by atoms with Crippen LogP contribution in [0.4, 0.5) is 11.6 Å². The molecule has 3 amide bonds. The van der Waals surface area contributed by atoms with Crippen LogP contribution in [-0.4, -0.2) is 50.5 Å². The molecule has 9 heteroatoms. The number of nitrogens with zero attached hydrogens (tertiary/aromatic N) is 5. The van der Waals surface area contributed by atoms with Crippen molar-refractivity contribution in [1.82, 2.24) is 19.7 Å². The predicted molar refractivity (Wildman–Crippen MR) is 128 cm³/mol. The van der Waals surface area contributed by atoms with E-state index in [-0.39, 0.29) is 30.1 Å². The molecule has 3 heterocycles. The van der Waals surface area contributed by atoms with E-state index in [9.17, 15) is 14.4 Å². The largest absolute Gasteiger partial charge is 0.384 e. The number of pyridine rings is 1. The van der Waals surface area contributed by atoms with E-state index in [1.165, 1.54) is 29.1 Å². The lowest BCUT2D eigenvalue weighted by molar-refractivity contribution is -0.170. The molecule has 0 aromatic carbocycles. The lowest BCUT2D eigenvalue weighted by Gasteiger charge is -2.46. The molecule has 1 aliphatic carbocycles. The van der Waals surface area contributed by atoms with Crippen LogP contribution in [-0.2, 0) is 27.9 Å². The monoisotopic (exact) mass is 466 g/mol. The maximum Gasteiger partial charge on any atom is 0.252 e. The molecule has 9 nitrogen and oxygen atoms in total. The van der Waals surface area contributed by atoms with Crippen LogP contribution in [0.15, 0.2) is 30.6 Å². The number of likely N-dealkylation sites (N-methyl/N-ethyl adjacent to an activating group) is 1. The number of rotatable bonds is 7. The lowest BCUT2D eigenvalue weighted by atomic mass is 9.77. The van der Waals surface area contributed by atoms with E-state index in [0.29, 0.717) is 24.0 Å². The summed E-state index contributed by atoms with van der Waals surface area (Å²) in [6.45, 7) is 2.09. The maximum atomic E-state index is 13.5. The van der Waals surface area contributed by atoms with E-state index < -0.39 is 12.0 Å². The predicted octanol–water partition coefficient (Wildman–Crippen LogP) is 2.56. The van der Waals surface area contributed by atoms with Crippen molar-refractivity contribution in [2.45, 2.75) is 57.9 Å². The zero-order valence-electron chi connectivity index (χ0n) is 20.2. The number of nitrogen functional groups attached to an aromatic ring is 1. The molecule has 0 radical (unpaired) electrons. The Kier molecular flexibility index (Phi) is 7.00. The van der Waals surface area contributed by atoms with Crippen LogP contribution in [0, 0.1) is 17.8 Å². The molecule has 3 atom stereocenters. The van der Waals surface area contributed by atoms with E-state index in [0.717, 1.165) is 18.4 Å². The van der Waals surface area contributed by atoms with Gasteiger partial charge in [0.15, 0.2) is 5.82 Å². The summed E-state index contributed by atoms with van der Waals surface area (Å²) in [4.78, 5) is 46.7. The molecule has 2 aliphatic rings. The topological polar surface area (TPSA) is 114 Å². The van der Waals surface area contributed by atoms with Crippen molar-refractivity contribution < 1.29 is 14.4 Å². The molecule has 1 aliphatic heterocycles. The van der Waals surface area contributed by atoms with Gasteiger partial charge in [0.1, 0.15) is 11.9 Å². The number of hydrogen-bond donors (Lipinski definition) is 1. The molecule has 1 saturated carbocycles. The molecule has 34 heavy (non-hydrogen) atoms. The summed E-state index contributed by atoms with van der Waals surface area (Å²) in [5, 5.41) is 4.30. The van der Waals surface area contributed by atoms with E-state index in [2.05, 4.69) is 17.0 Å². The highest BCUT2D eigenvalue weighted by Crippen LogP contribution is 2.36. The first-order valence-electron chi connectivity index (χ1n) is 12.1. The number of carbonyl (C=O) groups is 3. The number of aryl methyl sites for hydroxylation is 1. The third-order valence-electron chi connectivity index (χ3n) is 7.36. The molecular formula is C25H34N6O3. The van der Waals surface area contributed by atoms with Crippen molar-refractivity contribution in [3.63, 3.8) is 0 Å². The molecule has 4 rings (SSSR count). The highest BCUT2D eigenvalue weighted by atomic mass is 16.2. The fraction of sp³-hybridized carbons (Fsp3) is 0.560. The van der Waals surface area contributed by atoms with Gasteiger partial charge in [0.25, 0.3) is 5.91 Å². The van der Waals surface area contributed by atoms with Gasteiger partial charge in [-0.25, -0.2) is 4.98 Å². The van der Waals surface area contributed by atoms with Gasteiger partial charge in [-0.3, -0.25) is 28.9 Å². The normalized spacial score (nSPS) is 21.7. The van der Waals surface area contributed by atoms with Gasteiger partial charge in [-0.15, -0.1) is 0 Å². The number of β-lactam (4-membered cyclic amide) rings is 1. The zero-order valence-corrected chi connectivity index (χ0v) is 20.2. The number of hydrogen-bond acceptors (Lipinski definition) is 6. The summed E-state index contributed by atoms with van der Waals surface area (Å²) < 4.78 is 1.61. The molecule has 2 aromatic heterocycles. The molecule has 0 spiro atoms. The van der Waals surface area contributed by atoms with Crippen molar-refractivity contribution >= 4 is 29.4 Å². The zero-order chi connectivity index (χ0) is 24.4. The summed E-state index contributed by atoms with van der Waals surface area (Å²) in [6, 6.07) is 4.35. The Morgan fingerprint density at radius 1 is 1.24 bits per heavy atom. The number of likely N-dealkylation sites (tertiary alicyclic amines) is 1. The first-order valence-corrected chi connectivity index (χ1v) is 12.1. The number of aromatic nitrogens is 3. The fourth-order valence-corrected chi connectivity index (χ4v) is 5.32. The number of amides is 3. The van der Waals surface area contributed by atoms with Crippen LogP contribution in [0.2, 0.25) is 0 Å². The van der Waals surface area contributed by atoms with Crippen molar-refractivity contribution in [1.29, 1.82) is 0 Å². The first kappa shape index (κ1) is 23.9. The molecule has 2 N–H and O–H groups in total. The summed E-state index contributed by atoms with van der Waals surface area (Å²) in [7, 11) is 3.40. The van der Waals surface area contributed by atoms with Gasteiger partial charge < -0.3 is 5.73 Å². The fourth-order valence-electron chi connectivity index (χ4n) is 5.32. The van der Waals surface area contributed by atoms with Crippen molar-refractivity contribution in [3.8, 4) is 0 Å². The number of imide groups is 1. The van der Waals surface area contributed by atoms with Gasteiger partial charge >= 0.3 is 0 Å². The summed E-state index contributed by atoms with van der Waals surface area (Å²) in [5.74, 6) is -0.00335. The van der Waals surface area contributed by atoms with E-state index in [1.807, 2.05) is 0 Å². The number of anilines is 2. The Bertz CT molecular complexity index is 1060. The quantitative estimate of drug-likeness (QED) is 0.627.